The van der Waals surface area contributed by atoms with Crippen LogP contribution in [0.5, 0.6) is 0 Å². The van der Waals surface area contributed by atoms with Crippen molar-refractivity contribution in [3.05, 3.63) is 30.1 Å². The van der Waals surface area contributed by atoms with Crippen molar-refractivity contribution < 1.29 is 9.63 Å². The molecule has 14 heavy (non-hydrogen) atoms. The second kappa shape index (κ2) is 5.93. The first-order chi connectivity index (χ1) is 6.83. The van der Waals surface area contributed by atoms with Gasteiger partial charge in [0.1, 0.15) is 0 Å². The molecule has 5 heteroatoms. The Morgan fingerprint density at radius 1 is 1.64 bits per heavy atom. The zero-order chi connectivity index (χ0) is 10.2. The van der Waals surface area contributed by atoms with E-state index in [1.54, 1.807) is 19.3 Å². The average molecular weight is 195 g/mol. The fourth-order valence-electron chi connectivity index (χ4n) is 0.859. The summed E-state index contributed by atoms with van der Waals surface area (Å²) in [6.45, 7) is 2.68. The number of nitrogens with zero attached hydrogens (tertiary/aromatic N) is 1. The van der Waals surface area contributed by atoms with Crippen LogP contribution in [0.25, 0.3) is 0 Å². The zero-order valence-corrected chi connectivity index (χ0v) is 7.99. The Morgan fingerprint density at radius 2 is 2.50 bits per heavy atom. The maximum atomic E-state index is 11.0. The Morgan fingerprint density at radius 3 is 3.14 bits per heavy atom. The van der Waals surface area contributed by atoms with Crippen LogP contribution in [-0.2, 0) is 11.4 Å². The van der Waals surface area contributed by atoms with Gasteiger partial charge in [-0.1, -0.05) is 6.07 Å². The molecule has 0 fully saturated rings. The van der Waals surface area contributed by atoms with Crippen LogP contribution in [0.2, 0.25) is 0 Å². The predicted molar refractivity (Wildman–Crippen MR) is 51.2 cm³/mol. The van der Waals surface area contributed by atoms with Crippen LogP contribution in [0.3, 0.4) is 0 Å². The molecule has 1 heterocycles. The Bertz CT molecular complexity index is 277. The Balaban J connectivity index is 2.24. The van der Waals surface area contributed by atoms with E-state index >= 15 is 0 Å². The number of hydroxylamine groups is 1. The topological polar surface area (TPSA) is 63.2 Å². The Labute approximate surface area is 82.4 Å². The van der Waals surface area contributed by atoms with Crippen molar-refractivity contribution in [2.45, 2.75) is 13.5 Å². The number of nitrogens with one attached hydrogen (secondary N) is 2. The molecule has 0 radical (unpaired) electrons. The summed E-state index contributed by atoms with van der Waals surface area (Å²) in [6.07, 6.45) is 3.38. The van der Waals surface area contributed by atoms with Gasteiger partial charge in [-0.3, -0.25) is 9.82 Å². The molecule has 2 amide bonds. The Hall–Kier alpha value is -1.62. The number of pyridine rings is 1. The summed E-state index contributed by atoms with van der Waals surface area (Å²) in [6, 6.07) is 3.35. The highest BCUT2D eigenvalue weighted by molar-refractivity contribution is 5.72. The van der Waals surface area contributed by atoms with Crippen LogP contribution in [0.1, 0.15) is 12.5 Å². The number of urea groups is 1. The van der Waals surface area contributed by atoms with Crippen LogP contribution < -0.4 is 10.8 Å². The molecule has 76 valence electrons. The van der Waals surface area contributed by atoms with Crippen molar-refractivity contribution in [3.63, 3.8) is 0 Å². The fourth-order valence-corrected chi connectivity index (χ4v) is 0.859. The number of aromatic nitrogens is 1. The summed E-state index contributed by atoms with van der Waals surface area (Å²) in [5, 5.41) is 2.62. The molecule has 0 saturated carbocycles. The van der Waals surface area contributed by atoms with Gasteiger partial charge in [-0.2, -0.15) is 0 Å². The van der Waals surface area contributed by atoms with Gasteiger partial charge in [0.05, 0.1) is 6.61 Å². The molecule has 0 aromatic carbocycles. The summed E-state index contributed by atoms with van der Waals surface area (Å²) in [7, 11) is 0. The number of hydrogen-bond donors (Lipinski definition) is 2. The Kier molecular flexibility index (Phi) is 4.43. The highest BCUT2D eigenvalue weighted by Crippen LogP contribution is 1.93. The third kappa shape index (κ3) is 3.86. The van der Waals surface area contributed by atoms with E-state index in [0.29, 0.717) is 13.2 Å². The molecule has 5 nitrogen and oxygen atoms in total. The largest absolute Gasteiger partial charge is 0.338 e. The van der Waals surface area contributed by atoms with Gasteiger partial charge in [0.15, 0.2) is 0 Å². The van der Waals surface area contributed by atoms with Crippen molar-refractivity contribution in [2.75, 3.05) is 6.61 Å². The van der Waals surface area contributed by atoms with Crippen LogP contribution in [-0.4, -0.2) is 17.6 Å². The molecule has 0 saturated heterocycles. The van der Waals surface area contributed by atoms with Gasteiger partial charge in [0.2, 0.25) is 0 Å². The van der Waals surface area contributed by atoms with E-state index in [-0.39, 0.29) is 6.03 Å². The summed E-state index contributed by atoms with van der Waals surface area (Å²) >= 11 is 0. The molecule has 0 aliphatic heterocycles. The highest BCUT2D eigenvalue weighted by Gasteiger charge is 1.98. The lowest BCUT2D eigenvalue weighted by atomic mass is 10.3. The molecular weight excluding hydrogens is 182 g/mol. The molecule has 0 aliphatic rings. The molecule has 0 unspecified atom stereocenters. The van der Waals surface area contributed by atoms with Crippen molar-refractivity contribution >= 4 is 6.03 Å². The first-order valence-corrected chi connectivity index (χ1v) is 4.37. The minimum atomic E-state index is -0.351. The predicted octanol–water partition coefficient (Wildman–Crippen LogP) is 0.832. The second-order valence-corrected chi connectivity index (χ2v) is 2.58. The van der Waals surface area contributed by atoms with E-state index < -0.39 is 0 Å². The number of hydrogen-bond acceptors (Lipinski definition) is 3. The lowest BCUT2D eigenvalue weighted by molar-refractivity contribution is 0.0705. The number of rotatable bonds is 4. The van der Waals surface area contributed by atoms with Crippen molar-refractivity contribution in [2.24, 2.45) is 0 Å². The minimum Gasteiger partial charge on any atom is -0.332 e. The van der Waals surface area contributed by atoms with E-state index in [9.17, 15) is 4.79 Å². The van der Waals surface area contributed by atoms with E-state index in [1.165, 1.54) is 0 Å². The summed E-state index contributed by atoms with van der Waals surface area (Å²) in [5.74, 6) is 0. The van der Waals surface area contributed by atoms with E-state index in [0.717, 1.165) is 5.56 Å². The molecule has 0 aliphatic carbocycles. The molecule has 1 aromatic rings. The van der Waals surface area contributed by atoms with E-state index in [4.69, 9.17) is 4.84 Å². The third-order valence-electron chi connectivity index (χ3n) is 1.49. The summed E-state index contributed by atoms with van der Waals surface area (Å²) in [5.41, 5.74) is 3.18. The van der Waals surface area contributed by atoms with Gasteiger partial charge in [-0.25, -0.2) is 10.3 Å². The minimum absolute atomic E-state index is 0.351. The van der Waals surface area contributed by atoms with Crippen LogP contribution in [0.4, 0.5) is 4.79 Å². The zero-order valence-electron chi connectivity index (χ0n) is 7.99. The maximum Gasteiger partial charge on any atom is 0.338 e. The van der Waals surface area contributed by atoms with Gasteiger partial charge in [0, 0.05) is 18.9 Å². The summed E-state index contributed by atoms with van der Waals surface area (Å²) in [4.78, 5) is 19.6. The normalized spacial score (nSPS) is 9.50. The van der Waals surface area contributed by atoms with Gasteiger partial charge in [0.25, 0.3) is 0 Å². The van der Waals surface area contributed by atoms with Crippen molar-refractivity contribution in [3.8, 4) is 0 Å². The van der Waals surface area contributed by atoms with Crippen LogP contribution in [0.15, 0.2) is 24.5 Å². The SMILES string of the molecule is CCONC(=O)NCc1cccnc1. The molecule has 2 N–H and O–H groups in total. The van der Waals surface area contributed by atoms with Crippen LogP contribution >= 0.6 is 0 Å². The second-order valence-electron chi connectivity index (χ2n) is 2.58. The standard InChI is InChI=1S/C9H13N3O2/c1-2-14-12-9(13)11-7-8-4-3-5-10-6-8/h3-6H,2,7H2,1H3,(H2,11,12,13). The first kappa shape index (κ1) is 10.5. The van der Waals surface area contributed by atoms with Gasteiger partial charge in [-0.15, -0.1) is 0 Å². The number of carbonyl (C=O) groups excluding carboxylic acids is 1. The lowest BCUT2D eigenvalue weighted by Crippen LogP contribution is -2.34. The quantitative estimate of drug-likeness (QED) is 0.699. The molecule has 0 atom stereocenters. The number of amides is 2. The first-order valence-electron chi connectivity index (χ1n) is 4.37. The maximum absolute atomic E-state index is 11.0. The molecular formula is C9H13N3O2. The molecule has 1 aromatic heterocycles. The number of carbonyl (C=O) groups is 1. The average Bonchev–Trinajstić information content (AvgIpc) is 2.25. The van der Waals surface area contributed by atoms with Crippen LogP contribution in [0, 0.1) is 0 Å². The van der Waals surface area contributed by atoms with E-state index in [1.807, 2.05) is 12.1 Å². The van der Waals surface area contributed by atoms with Gasteiger partial charge < -0.3 is 5.32 Å². The lowest BCUT2D eigenvalue weighted by Gasteiger charge is -2.05. The van der Waals surface area contributed by atoms with Crippen molar-refractivity contribution in [1.82, 2.24) is 15.8 Å². The van der Waals surface area contributed by atoms with Gasteiger partial charge in [-0.05, 0) is 18.6 Å². The van der Waals surface area contributed by atoms with Gasteiger partial charge >= 0.3 is 6.03 Å². The smallest absolute Gasteiger partial charge is 0.332 e. The van der Waals surface area contributed by atoms with Crippen molar-refractivity contribution in [1.29, 1.82) is 0 Å². The molecule has 1 rings (SSSR count). The summed E-state index contributed by atoms with van der Waals surface area (Å²) < 4.78 is 0. The van der Waals surface area contributed by atoms with E-state index in [2.05, 4.69) is 15.8 Å². The highest BCUT2D eigenvalue weighted by atomic mass is 16.7. The fraction of sp³-hybridized carbons (Fsp3) is 0.333. The monoisotopic (exact) mass is 195 g/mol. The molecule has 0 spiro atoms. The third-order valence-corrected chi connectivity index (χ3v) is 1.49. The molecule has 0 bridgehead atoms.